The maximum absolute atomic E-state index is 12.2. The second kappa shape index (κ2) is 8.41. The summed E-state index contributed by atoms with van der Waals surface area (Å²) in [6, 6.07) is 0. The molecular formula is C15H25NOS. The normalized spacial score (nSPS) is 16.3. The van der Waals surface area contributed by atoms with Gasteiger partial charge >= 0.3 is 0 Å². The number of allylic oxidation sites excluding steroid dienone is 3. The van der Waals surface area contributed by atoms with Crippen molar-refractivity contribution in [3.8, 4) is 0 Å². The number of thioether (sulfide) groups is 1. The Morgan fingerprint density at radius 1 is 1.39 bits per heavy atom. The average molecular weight is 267 g/mol. The van der Waals surface area contributed by atoms with E-state index in [0.29, 0.717) is 0 Å². The van der Waals surface area contributed by atoms with Gasteiger partial charge in [-0.2, -0.15) is 0 Å². The van der Waals surface area contributed by atoms with Crippen molar-refractivity contribution >= 4 is 17.7 Å². The standard InChI is InChI=1S/C15H25NOS/c1-4-6-11-16-15(17)14-12(3)9-7-10-13(18-14)8-5-2/h10H,4-9,11H2,1-3H3,(H,16,17). The van der Waals surface area contributed by atoms with Gasteiger partial charge in [0.1, 0.15) is 0 Å². The van der Waals surface area contributed by atoms with E-state index in [4.69, 9.17) is 0 Å². The molecule has 1 heterocycles. The molecule has 0 fully saturated rings. The molecule has 0 spiro atoms. The molecule has 0 saturated heterocycles. The number of nitrogens with one attached hydrogen (secondary N) is 1. The van der Waals surface area contributed by atoms with Gasteiger partial charge < -0.3 is 5.32 Å². The number of amides is 1. The minimum absolute atomic E-state index is 0.120. The highest BCUT2D eigenvalue weighted by molar-refractivity contribution is 8.07. The highest BCUT2D eigenvalue weighted by Crippen LogP contribution is 2.35. The molecule has 0 saturated carbocycles. The van der Waals surface area contributed by atoms with E-state index in [-0.39, 0.29) is 5.91 Å². The first-order valence-corrected chi connectivity index (χ1v) is 7.85. The summed E-state index contributed by atoms with van der Waals surface area (Å²) in [6.07, 6.45) is 8.78. The maximum Gasteiger partial charge on any atom is 0.257 e. The molecule has 1 rings (SSSR count). The van der Waals surface area contributed by atoms with Crippen LogP contribution in [-0.2, 0) is 4.79 Å². The molecule has 3 heteroatoms. The van der Waals surface area contributed by atoms with Crippen LogP contribution in [0.4, 0.5) is 0 Å². The third-order valence-electron chi connectivity index (χ3n) is 3.03. The van der Waals surface area contributed by atoms with Gasteiger partial charge in [0.2, 0.25) is 0 Å². The second-order valence-corrected chi connectivity index (χ2v) is 5.92. The van der Waals surface area contributed by atoms with Crippen LogP contribution in [0.15, 0.2) is 21.5 Å². The monoisotopic (exact) mass is 267 g/mol. The molecule has 1 amide bonds. The quantitative estimate of drug-likeness (QED) is 0.723. The fourth-order valence-electron chi connectivity index (χ4n) is 1.92. The van der Waals surface area contributed by atoms with Crippen molar-refractivity contribution in [2.75, 3.05) is 6.54 Å². The van der Waals surface area contributed by atoms with E-state index in [1.807, 2.05) is 0 Å². The molecule has 0 atom stereocenters. The van der Waals surface area contributed by atoms with Crippen molar-refractivity contribution < 1.29 is 4.79 Å². The zero-order chi connectivity index (χ0) is 13.4. The van der Waals surface area contributed by atoms with Gasteiger partial charge in [0.25, 0.3) is 5.91 Å². The van der Waals surface area contributed by atoms with Crippen LogP contribution >= 0.6 is 11.8 Å². The van der Waals surface area contributed by atoms with Gasteiger partial charge in [-0.15, -0.1) is 0 Å². The summed E-state index contributed by atoms with van der Waals surface area (Å²) in [4.78, 5) is 14.5. The van der Waals surface area contributed by atoms with E-state index < -0.39 is 0 Å². The Bertz CT molecular complexity index is 344. The topological polar surface area (TPSA) is 29.1 Å². The minimum atomic E-state index is 0.120. The summed E-state index contributed by atoms with van der Waals surface area (Å²) in [6.45, 7) is 7.20. The Morgan fingerprint density at radius 2 is 2.17 bits per heavy atom. The van der Waals surface area contributed by atoms with Crippen LogP contribution in [0.3, 0.4) is 0 Å². The molecule has 0 radical (unpaired) electrons. The number of carbonyl (C=O) groups is 1. The fourth-order valence-corrected chi connectivity index (χ4v) is 3.13. The van der Waals surface area contributed by atoms with Gasteiger partial charge in [-0.25, -0.2) is 0 Å². The van der Waals surface area contributed by atoms with Crippen LogP contribution in [0.25, 0.3) is 0 Å². The third-order valence-corrected chi connectivity index (χ3v) is 4.40. The minimum Gasteiger partial charge on any atom is -0.352 e. The Balaban J connectivity index is 2.65. The van der Waals surface area contributed by atoms with Crippen molar-refractivity contribution in [1.29, 1.82) is 0 Å². The molecule has 1 aliphatic heterocycles. The highest BCUT2D eigenvalue weighted by atomic mass is 32.2. The van der Waals surface area contributed by atoms with Gasteiger partial charge in [0.15, 0.2) is 0 Å². The molecule has 0 aromatic rings. The van der Waals surface area contributed by atoms with E-state index in [2.05, 4.69) is 32.2 Å². The molecule has 18 heavy (non-hydrogen) atoms. The van der Waals surface area contributed by atoms with Crippen molar-refractivity contribution in [1.82, 2.24) is 5.32 Å². The third kappa shape index (κ3) is 4.89. The largest absolute Gasteiger partial charge is 0.352 e. The molecule has 1 aliphatic rings. The number of unbranched alkanes of at least 4 members (excludes halogenated alkanes) is 1. The van der Waals surface area contributed by atoms with E-state index in [0.717, 1.165) is 50.0 Å². The van der Waals surface area contributed by atoms with Gasteiger partial charge in [-0.05, 0) is 37.5 Å². The SMILES string of the molecule is CCCCNC(=O)C1=C(C)CCC=C(CCC)S1. The Labute approximate surface area is 115 Å². The number of rotatable bonds is 6. The fraction of sp³-hybridized carbons (Fsp3) is 0.667. The van der Waals surface area contributed by atoms with Gasteiger partial charge in [0, 0.05) is 6.54 Å². The number of hydrogen-bond acceptors (Lipinski definition) is 2. The predicted octanol–water partition coefficient (Wildman–Crippen LogP) is 4.39. The highest BCUT2D eigenvalue weighted by Gasteiger charge is 2.17. The van der Waals surface area contributed by atoms with Crippen LogP contribution in [0.2, 0.25) is 0 Å². The molecular weight excluding hydrogens is 242 g/mol. The molecule has 0 bridgehead atoms. The van der Waals surface area contributed by atoms with Gasteiger partial charge in [-0.1, -0.05) is 50.1 Å². The Kier molecular flexibility index (Phi) is 7.18. The number of carbonyl (C=O) groups excluding carboxylic acids is 1. The first-order valence-electron chi connectivity index (χ1n) is 7.03. The van der Waals surface area contributed by atoms with Crippen molar-refractivity contribution in [3.63, 3.8) is 0 Å². The summed E-state index contributed by atoms with van der Waals surface area (Å²) in [7, 11) is 0. The summed E-state index contributed by atoms with van der Waals surface area (Å²) in [5.74, 6) is 0.120. The second-order valence-electron chi connectivity index (χ2n) is 4.78. The lowest BCUT2D eigenvalue weighted by atomic mass is 10.1. The molecule has 1 N–H and O–H groups in total. The Morgan fingerprint density at radius 3 is 2.83 bits per heavy atom. The van der Waals surface area contributed by atoms with Crippen molar-refractivity contribution in [3.05, 3.63) is 21.5 Å². The lowest BCUT2D eigenvalue weighted by Gasteiger charge is -2.11. The van der Waals surface area contributed by atoms with E-state index >= 15 is 0 Å². The lowest BCUT2D eigenvalue weighted by molar-refractivity contribution is -0.116. The Hall–Kier alpha value is -0.700. The zero-order valence-corrected chi connectivity index (χ0v) is 12.7. The molecule has 0 aliphatic carbocycles. The summed E-state index contributed by atoms with van der Waals surface area (Å²) < 4.78 is 0. The zero-order valence-electron chi connectivity index (χ0n) is 11.8. The van der Waals surface area contributed by atoms with Gasteiger partial charge in [-0.3, -0.25) is 4.79 Å². The smallest absolute Gasteiger partial charge is 0.257 e. The van der Waals surface area contributed by atoms with Crippen molar-refractivity contribution in [2.24, 2.45) is 0 Å². The van der Waals surface area contributed by atoms with Crippen LogP contribution < -0.4 is 5.32 Å². The van der Waals surface area contributed by atoms with Gasteiger partial charge in [0.05, 0.1) is 4.91 Å². The molecule has 0 unspecified atom stereocenters. The summed E-state index contributed by atoms with van der Waals surface area (Å²) in [5, 5.41) is 3.03. The van der Waals surface area contributed by atoms with E-state index in [1.165, 1.54) is 10.5 Å². The first kappa shape index (κ1) is 15.4. The predicted molar refractivity (Wildman–Crippen MR) is 80.4 cm³/mol. The van der Waals surface area contributed by atoms with Crippen LogP contribution in [0.5, 0.6) is 0 Å². The molecule has 2 nitrogen and oxygen atoms in total. The molecule has 0 aromatic carbocycles. The van der Waals surface area contributed by atoms with Crippen LogP contribution in [0, 0.1) is 0 Å². The van der Waals surface area contributed by atoms with E-state index in [1.54, 1.807) is 11.8 Å². The summed E-state index contributed by atoms with van der Waals surface area (Å²) >= 11 is 1.68. The molecule has 0 aromatic heterocycles. The summed E-state index contributed by atoms with van der Waals surface area (Å²) in [5.41, 5.74) is 1.23. The lowest BCUT2D eigenvalue weighted by Crippen LogP contribution is -2.25. The average Bonchev–Trinajstić information content (AvgIpc) is 2.52. The number of hydrogen-bond donors (Lipinski definition) is 1. The van der Waals surface area contributed by atoms with Crippen molar-refractivity contribution in [2.45, 2.75) is 59.3 Å². The van der Waals surface area contributed by atoms with E-state index in [9.17, 15) is 4.79 Å². The van der Waals surface area contributed by atoms with Crippen LogP contribution in [0.1, 0.15) is 59.3 Å². The maximum atomic E-state index is 12.2. The molecule has 102 valence electrons. The first-order chi connectivity index (χ1) is 8.69. The van der Waals surface area contributed by atoms with Crippen LogP contribution in [-0.4, -0.2) is 12.5 Å².